The number of anilines is 1. The summed E-state index contributed by atoms with van der Waals surface area (Å²) in [4.78, 5) is 16.2. The summed E-state index contributed by atoms with van der Waals surface area (Å²) >= 11 is 0. The van der Waals surface area contributed by atoms with Crippen LogP contribution in [-0.2, 0) is 6.42 Å². The average molecular weight is 273 g/mol. The number of aryl methyl sites for hydroxylation is 1. The lowest BCUT2D eigenvalue weighted by molar-refractivity contribution is 0.0938. The third kappa shape index (κ3) is 3.85. The standard InChI is InChI=1S/C15H19N3O2/c1-11(5-6-13-4-3-9-20-13)18-15(19)12-7-8-17-14(10-12)16-2/h3-4,7-11H,5-6H2,1-2H3,(H,16,17)(H,18,19). The van der Waals surface area contributed by atoms with Crippen LogP contribution in [0.15, 0.2) is 41.1 Å². The number of pyridine rings is 1. The van der Waals surface area contributed by atoms with Crippen molar-refractivity contribution in [1.29, 1.82) is 0 Å². The van der Waals surface area contributed by atoms with Crippen LogP contribution in [0.25, 0.3) is 0 Å². The Kier molecular flexibility index (Phi) is 4.76. The van der Waals surface area contributed by atoms with Crippen molar-refractivity contribution in [2.24, 2.45) is 0 Å². The number of rotatable bonds is 6. The molecule has 5 heteroatoms. The first kappa shape index (κ1) is 14.1. The third-order valence-electron chi connectivity index (χ3n) is 3.06. The van der Waals surface area contributed by atoms with Gasteiger partial charge < -0.3 is 15.1 Å². The summed E-state index contributed by atoms with van der Waals surface area (Å²) in [7, 11) is 1.77. The highest BCUT2D eigenvalue weighted by Crippen LogP contribution is 2.08. The van der Waals surface area contributed by atoms with Gasteiger partial charge >= 0.3 is 0 Å². The normalized spacial score (nSPS) is 11.9. The van der Waals surface area contributed by atoms with Crippen molar-refractivity contribution in [3.63, 3.8) is 0 Å². The first-order chi connectivity index (χ1) is 9.69. The van der Waals surface area contributed by atoms with Gasteiger partial charge in [-0.25, -0.2) is 4.98 Å². The molecule has 0 aliphatic rings. The molecule has 5 nitrogen and oxygen atoms in total. The van der Waals surface area contributed by atoms with Crippen LogP contribution >= 0.6 is 0 Å². The molecular weight excluding hydrogens is 254 g/mol. The highest BCUT2D eigenvalue weighted by Gasteiger charge is 2.11. The van der Waals surface area contributed by atoms with E-state index in [1.165, 1.54) is 0 Å². The Balaban J connectivity index is 1.86. The molecule has 0 aromatic carbocycles. The number of furan rings is 1. The van der Waals surface area contributed by atoms with E-state index in [0.29, 0.717) is 11.4 Å². The Hall–Kier alpha value is -2.30. The first-order valence-electron chi connectivity index (χ1n) is 6.66. The lowest BCUT2D eigenvalue weighted by Crippen LogP contribution is -2.32. The fourth-order valence-corrected chi connectivity index (χ4v) is 1.90. The molecule has 0 spiro atoms. The zero-order valence-corrected chi connectivity index (χ0v) is 11.7. The maximum absolute atomic E-state index is 12.1. The first-order valence-corrected chi connectivity index (χ1v) is 6.66. The van der Waals surface area contributed by atoms with E-state index in [1.54, 1.807) is 31.6 Å². The number of hydrogen-bond acceptors (Lipinski definition) is 4. The van der Waals surface area contributed by atoms with Crippen LogP contribution in [-0.4, -0.2) is 24.0 Å². The second-order valence-electron chi connectivity index (χ2n) is 4.67. The van der Waals surface area contributed by atoms with Gasteiger partial charge in [-0.15, -0.1) is 0 Å². The highest BCUT2D eigenvalue weighted by atomic mass is 16.3. The van der Waals surface area contributed by atoms with Crippen LogP contribution in [0.3, 0.4) is 0 Å². The van der Waals surface area contributed by atoms with Crippen LogP contribution in [0.5, 0.6) is 0 Å². The van der Waals surface area contributed by atoms with Crippen LogP contribution in [0.4, 0.5) is 5.82 Å². The minimum absolute atomic E-state index is 0.0822. The quantitative estimate of drug-likeness (QED) is 0.848. The Morgan fingerprint density at radius 3 is 3.00 bits per heavy atom. The van der Waals surface area contributed by atoms with Crippen molar-refractivity contribution in [1.82, 2.24) is 10.3 Å². The second kappa shape index (κ2) is 6.75. The summed E-state index contributed by atoms with van der Waals surface area (Å²) in [5.41, 5.74) is 0.606. The zero-order valence-electron chi connectivity index (χ0n) is 11.7. The number of hydrogen-bond donors (Lipinski definition) is 2. The van der Waals surface area contributed by atoms with Gasteiger partial charge in [-0.1, -0.05) is 0 Å². The molecule has 1 unspecified atom stereocenters. The van der Waals surface area contributed by atoms with Crippen molar-refractivity contribution >= 4 is 11.7 Å². The molecule has 2 aromatic heterocycles. The molecular formula is C15H19N3O2. The van der Waals surface area contributed by atoms with E-state index >= 15 is 0 Å². The summed E-state index contributed by atoms with van der Waals surface area (Å²) in [6, 6.07) is 7.33. The molecule has 1 atom stereocenters. The van der Waals surface area contributed by atoms with E-state index in [1.807, 2.05) is 19.1 Å². The van der Waals surface area contributed by atoms with Gasteiger partial charge in [0.1, 0.15) is 11.6 Å². The molecule has 0 bridgehead atoms. The molecule has 0 aliphatic heterocycles. The number of amides is 1. The van der Waals surface area contributed by atoms with E-state index < -0.39 is 0 Å². The lowest BCUT2D eigenvalue weighted by Gasteiger charge is -2.13. The van der Waals surface area contributed by atoms with Gasteiger partial charge in [-0.05, 0) is 37.6 Å². The van der Waals surface area contributed by atoms with Gasteiger partial charge in [0, 0.05) is 31.3 Å². The Morgan fingerprint density at radius 2 is 2.30 bits per heavy atom. The largest absolute Gasteiger partial charge is 0.469 e. The van der Waals surface area contributed by atoms with E-state index in [9.17, 15) is 4.79 Å². The van der Waals surface area contributed by atoms with Gasteiger partial charge in [0.25, 0.3) is 5.91 Å². The van der Waals surface area contributed by atoms with Gasteiger partial charge in [0.15, 0.2) is 0 Å². The Morgan fingerprint density at radius 1 is 1.45 bits per heavy atom. The third-order valence-corrected chi connectivity index (χ3v) is 3.06. The molecule has 20 heavy (non-hydrogen) atoms. The maximum atomic E-state index is 12.1. The van der Waals surface area contributed by atoms with Crippen molar-refractivity contribution in [2.75, 3.05) is 12.4 Å². The monoisotopic (exact) mass is 273 g/mol. The molecule has 0 radical (unpaired) electrons. The van der Waals surface area contributed by atoms with E-state index in [2.05, 4.69) is 15.6 Å². The predicted octanol–water partition coefficient (Wildman–Crippen LogP) is 2.47. The number of carbonyl (C=O) groups is 1. The minimum atomic E-state index is -0.0872. The summed E-state index contributed by atoms with van der Waals surface area (Å²) in [6.45, 7) is 1.99. The Bertz CT molecular complexity index is 552. The molecule has 0 saturated carbocycles. The molecule has 2 aromatic rings. The molecule has 2 rings (SSSR count). The summed E-state index contributed by atoms with van der Waals surface area (Å²) in [6.07, 6.45) is 4.93. The highest BCUT2D eigenvalue weighted by molar-refractivity contribution is 5.94. The fourth-order valence-electron chi connectivity index (χ4n) is 1.90. The van der Waals surface area contributed by atoms with Crippen LogP contribution in [0.1, 0.15) is 29.5 Å². The average Bonchev–Trinajstić information content (AvgIpc) is 2.98. The lowest BCUT2D eigenvalue weighted by atomic mass is 10.1. The summed E-state index contributed by atoms with van der Waals surface area (Å²) in [5.74, 6) is 1.53. The maximum Gasteiger partial charge on any atom is 0.251 e. The van der Waals surface area contributed by atoms with Crippen LogP contribution in [0, 0.1) is 0 Å². The van der Waals surface area contributed by atoms with E-state index in [4.69, 9.17) is 4.42 Å². The van der Waals surface area contributed by atoms with Crippen molar-refractivity contribution in [2.45, 2.75) is 25.8 Å². The topological polar surface area (TPSA) is 67.2 Å². The number of nitrogens with zero attached hydrogens (tertiary/aromatic N) is 1. The minimum Gasteiger partial charge on any atom is -0.469 e. The summed E-state index contributed by atoms with van der Waals surface area (Å²) < 4.78 is 5.27. The number of carbonyl (C=O) groups excluding carboxylic acids is 1. The SMILES string of the molecule is CNc1cc(C(=O)NC(C)CCc2ccco2)ccn1. The Labute approximate surface area is 118 Å². The van der Waals surface area contributed by atoms with Crippen molar-refractivity contribution in [3.8, 4) is 0 Å². The molecule has 106 valence electrons. The zero-order chi connectivity index (χ0) is 14.4. The molecule has 0 fully saturated rings. The van der Waals surface area contributed by atoms with Gasteiger partial charge in [-0.2, -0.15) is 0 Å². The summed E-state index contributed by atoms with van der Waals surface area (Å²) in [5, 5.41) is 5.89. The predicted molar refractivity (Wildman–Crippen MR) is 77.7 cm³/mol. The van der Waals surface area contributed by atoms with E-state index in [-0.39, 0.29) is 11.9 Å². The molecule has 2 heterocycles. The molecule has 0 aliphatic carbocycles. The molecule has 2 N–H and O–H groups in total. The van der Waals surface area contributed by atoms with Crippen molar-refractivity contribution < 1.29 is 9.21 Å². The van der Waals surface area contributed by atoms with Crippen molar-refractivity contribution in [3.05, 3.63) is 48.0 Å². The van der Waals surface area contributed by atoms with Gasteiger partial charge in [-0.3, -0.25) is 4.79 Å². The number of nitrogens with one attached hydrogen (secondary N) is 2. The molecule has 1 amide bonds. The smallest absolute Gasteiger partial charge is 0.251 e. The van der Waals surface area contributed by atoms with Crippen LogP contribution < -0.4 is 10.6 Å². The fraction of sp³-hybridized carbons (Fsp3) is 0.333. The van der Waals surface area contributed by atoms with E-state index in [0.717, 1.165) is 18.6 Å². The number of aromatic nitrogens is 1. The molecule has 0 saturated heterocycles. The second-order valence-corrected chi connectivity index (χ2v) is 4.67. The van der Waals surface area contributed by atoms with Gasteiger partial charge in [0.2, 0.25) is 0 Å². The van der Waals surface area contributed by atoms with Gasteiger partial charge in [0.05, 0.1) is 6.26 Å². The van der Waals surface area contributed by atoms with Crippen LogP contribution in [0.2, 0.25) is 0 Å².